The zero-order valence-corrected chi connectivity index (χ0v) is 14.0. The second-order valence-corrected chi connectivity index (χ2v) is 6.45. The summed E-state index contributed by atoms with van der Waals surface area (Å²) in [5.41, 5.74) is 18.9. The molecule has 0 unspecified atom stereocenters. The third-order valence-electron chi connectivity index (χ3n) is 4.55. The highest BCUT2D eigenvalue weighted by molar-refractivity contribution is 5.70. The van der Waals surface area contributed by atoms with Gasteiger partial charge in [-0.2, -0.15) is 0 Å². The van der Waals surface area contributed by atoms with Crippen molar-refractivity contribution in [3.05, 3.63) is 47.5 Å². The van der Waals surface area contributed by atoms with Gasteiger partial charge in [-0.3, -0.25) is 0 Å². The average molecular weight is 310 g/mol. The quantitative estimate of drug-likeness (QED) is 0.836. The molecule has 0 radical (unpaired) electrons. The topological polar surface area (TPSA) is 58.5 Å². The van der Waals surface area contributed by atoms with Crippen LogP contribution in [0.3, 0.4) is 0 Å². The molecule has 0 saturated carbocycles. The van der Waals surface area contributed by atoms with Crippen molar-refractivity contribution in [1.29, 1.82) is 0 Å². The van der Waals surface area contributed by atoms with Gasteiger partial charge in [0.2, 0.25) is 0 Å². The summed E-state index contributed by atoms with van der Waals surface area (Å²) in [4.78, 5) is 4.79. The Morgan fingerprint density at radius 2 is 1.13 bits per heavy atom. The number of hydrogen-bond donors (Lipinski definition) is 2. The van der Waals surface area contributed by atoms with Crippen molar-refractivity contribution in [2.75, 3.05) is 47.4 Å². The first-order valence-corrected chi connectivity index (χ1v) is 8.27. The summed E-state index contributed by atoms with van der Waals surface area (Å²) in [5.74, 6) is 0. The molecule has 3 rings (SSSR count). The third-order valence-corrected chi connectivity index (χ3v) is 4.55. The fourth-order valence-electron chi connectivity index (χ4n) is 3.25. The van der Waals surface area contributed by atoms with E-state index in [1.165, 1.54) is 11.1 Å². The monoisotopic (exact) mass is 310 g/mol. The van der Waals surface area contributed by atoms with Gasteiger partial charge in [-0.05, 0) is 55.7 Å². The largest absolute Gasteiger partial charge is 0.397 e. The molecule has 2 aromatic rings. The van der Waals surface area contributed by atoms with Crippen LogP contribution in [0.15, 0.2) is 36.4 Å². The highest BCUT2D eigenvalue weighted by atomic mass is 15.2. The van der Waals surface area contributed by atoms with Crippen molar-refractivity contribution >= 4 is 22.7 Å². The molecule has 1 aliphatic rings. The number of nitrogens with two attached hydrogens (primary N) is 2. The van der Waals surface area contributed by atoms with Crippen LogP contribution in [0, 0.1) is 13.8 Å². The second kappa shape index (κ2) is 6.41. The van der Waals surface area contributed by atoms with Gasteiger partial charge in [-0.25, -0.2) is 0 Å². The maximum Gasteiger partial charge on any atom is 0.0603 e. The number of hydrogen-bond acceptors (Lipinski definition) is 4. The van der Waals surface area contributed by atoms with Crippen LogP contribution in [0.2, 0.25) is 0 Å². The summed E-state index contributed by atoms with van der Waals surface area (Å²) in [5, 5.41) is 0. The molecule has 0 bridgehead atoms. The summed E-state index contributed by atoms with van der Waals surface area (Å²) in [6.07, 6.45) is 1.10. The Morgan fingerprint density at radius 3 is 1.57 bits per heavy atom. The van der Waals surface area contributed by atoms with Gasteiger partial charge in [0.1, 0.15) is 0 Å². The molecule has 0 spiro atoms. The van der Waals surface area contributed by atoms with E-state index in [1.807, 2.05) is 12.1 Å². The van der Waals surface area contributed by atoms with Crippen LogP contribution in [-0.4, -0.2) is 26.2 Å². The molecule has 1 heterocycles. The van der Waals surface area contributed by atoms with E-state index in [-0.39, 0.29) is 0 Å². The SMILES string of the molecule is Cc1ccc(N)c(N2CCCN(c3cc(C)ccc3N)CC2)c1. The van der Waals surface area contributed by atoms with E-state index in [1.54, 1.807) is 0 Å². The van der Waals surface area contributed by atoms with Gasteiger partial charge in [0, 0.05) is 26.2 Å². The molecular formula is C19H26N4. The summed E-state index contributed by atoms with van der Waals surface area (Å²) >= 11 is 0. The number of rotatable bonds is 2. The molecule has 23 heavy (non-hydrogen) atoms. The van der Waals surface area contributed by atoms with Crippen LogP contribution in [0.4, 0.5) is 22.7 Å². The summed E-state index contributed by atoms with van der Waals surface area (Å²) in [6, 6.07) is 12.5. The predicted molar refractivity (Wildman–Crippen MR) is 100 cm³/mol. The van der Waals surface area contributed by atoms with Gasteiger partial charge in [-0.15, -0.1) is 0 Å². The van der Waals surface area contributed by atoms with Gasteiger partial charge >= 0.3 is 0 Å². The maximum absolute atomic E-state index is 6.19. The second-order valence-electron chi connectivity index (χ2n) is 6.45. The van der Waals surface area contributed by atoms with E-state index in [2.05, 4.69) is 47.9 Å². The van der Waals surface area contributed by atoms with E-state index >= 15 is 0 Å². The molecule has 1 fully saturated rings. The Hall–Kier alpha value is -2.36. The summed E-state index contributed by atoms with van der Waals surface area (Å²) < 4.78 is 0. The van der Waals surface area contributed by atoms with Crippen molar-refractivity contribution in [1.82, 2.24) is 0 Å². The first-order valence-electron chi connectivity index (χ1n) is 8.27. The molecule has 4 N–H and O–H groups in total. The molecule has 4 nitrogen and oxygen atoms in total. The first-order chi connectivity index (χ1) is 11.0. The Bertz CT molecular complexity index is 636. The molecule has 122 valence electrons. The average Bonchev–Trinajstić information content (AvgIpc) is 2.78. The number of nitrogen functional groups attached to an aromatic ring is 2. The molecule has 4 heteroatoms. The molecule has 2 aromatic carbocycles. The van der Waals surface area contributed by atoms with Crippen molar-refractivity contribution in [3.63, 3.8) is 0 Å². The van der Waals surface area contributed by atoms with Crippen LogP contribution in [0.25, 0.3) is 0 Å². The summed E-state index contributed by atoms with van der Waals surface area (Å²) in [6.45, 7) is 8.19. The number of aryl methyl sites for hydroxylation is 2. The number of anilines is 4. The smallest absolute Gasteiger partial charge is 0.0603 e. The highest BCUT2D eigenvalue weighted by Crippen LogP contribution is 2.29. The van der Waals surface area contributed by atoms with Crippen LogP contribution < -0.4 is 21.3 Å². The van der Waals surface area contributed by atoms with Crippen LogP contribution in [0.5, 0.6) is 0 Å². The molecular weight excluding hydrogens is 284 g/mol. The Balaban J connectivity index is 1.79. The minimum absolute atomic E-state index is 0.860. The minimum Gasteiger partial charge on any atom is -0.397 e. The molecule has 0 aromatic heterocycles. The lowest BCUT2D eigenvalue weighted by molar-refractivity contribution is 0.807. The Morgan fingerprint density at radius 1 is 0.696 bits per heavy atom. The minimum atomic E-state index is 0.860. The van der Waals surface area contributed by atoms with E-state index < -0.39 is 0 Å². The molecule has 0 amide bonds. The van der Waals surface area contributed by atoms with Gasteiger partial charge in [0.15, 0.2) is 0 Å². The van der Waals surface area contributed by atoms with Crippen LogP contribution in [-0.2, 0) is 0 Å². The lowest BCUT2D eigenvalue weighted by Crippen LogP contribution is -2.31. The third kappa shape index (κ3) is 3.36. The standard InChI is InChI=1S/C19H26N4/c1-14-4-6-16(20)18(12-14)22-8-3-9-23(11-10-22)19-13-15(2)5-7-17(19)21/h4-7,12-13H,3,8-11,20-21H2,1-2H3. The Kier molecular flexibility index (Phi) is 4.33. The fourth-order valence-corrected chi connectivity index (χ4v) is 3.25. The van der Waals surface area contributed by atoms with Gasteiger partial charge < -0.3 is 21.3 Å². The van der Waals surface area contributed by atoms with Crippen molar-refractivity contribution in [3.8, 4) is 0 Å². The van der Waals surface area contributed by atoms with Crippen LogP contribution >= 0.6 is 0 Å². The Labute approximate surface area is 138 Å². The predicted octanol–water partition coefficient (Wildman–Crippen LogP) is 3.18. The van der Waals surface area contributed by atoms with Crippen molar-refractivity contribution < 1.29 is 0 Å². The molecule has 0 atom stereocenters. The zero-order chi connectivity index (χ0) is 16.4. The summed E-state index contributed by atoms with van der Waals surface area (Å²) in [7, 11) is 0. The van der Waals surface area contributed by atoms with Crippen LogP contribution in [0.1, 0.15) is 17.5 Å². The van der Waals surface area contributed by atoms with E-state index in [0.717, 1.165) is 55.3 Å². The fraction of sp³-hybridized carbons (Fsp3) is 0.368. The lowest BCUT2D eigenvalue weighted by Gasteiger charge is -2.27. The van der Waals surface area contributed by atoms with Gasteiger partial charge in [-0.1, -0.05) is 12.1 Å². The zero-order valence-electron chi connectivity index (χ0n) is 14.0. The normalized spacial score (nSPS) is 15.6. The van der Waals surface area contributed by atoms with E-state index in [0.29, 0.717) is 0 Å². The molecule has 1 saturated heterocycles. The van der Waals surface area contributed by atoms with Gasteiger partial charge in [0.05, 0.1) is 22.7 Å². The van der Waals surface area contributed by atoms with Crippen molar-refractivity contribution in [2.24, 2.45) is 0 Å². The van der Waals surface area contributed by atoms with Crippen molar-refractivity contribution in [2.45, 2.75) is 20.3 Å². The first kappa shape index (κ1) is 15.5. The maximum atomic E-state index is 6.19. The van der Waals surface area contributed by atoms with E-state index in [9.17, 15) is 0 Å². The highest BCUT2D eigenvalue weighted by Gasteiger charge is 2.18. The lowest BCUT2D eigenvalue weighted by atomic mass is 10.1. The number of nitrogens with zero attached hydrogens (tertiary/aromatic N) is 2. The number of benzene rings is 2. The van der Waals surface area contributed by atoms with Gasteiger partial charge in [0.25, 0.3) is 0 Å². The molecule has 0 aliphatic carbocycles. The van der Waals surface area contributed by atoms with E-state index in [4.69, 9.17) is 11.5 Å². The molecule has 1 aliphatic heterocycles.